The molecule has 0 aliphatic heterocycles. The quantitative estimate of drug-likeness (QED) is 0.638. The third kappa shape index (κ3) is 3.54. The van der Waals surface area contributed by atoms with Gasteiger partial charge in [0.2, 0.25) is 0 Å². The number of halogens is 1. The van der Waals surface area contributed by atoms with Gasteiger partial charge in [0, 0.05) is 4.47 Å². The van der Waals surface area contributed by atoms with Crippen LogP contribution in [0, 0.1) is 13.8 Å². The van der Waals surface area contributed by atoms with Crippen molar-refractivity contribution in [1.82, 2.24) is 9.78 Å². The highest BCUT2D eigenvalue weighted by atomic mass is 79.9. The number of nitrogens with zero attached hydrogens (tertiary/aromatic N) is 2. The van der Waals surface area contributed by atoms with Crippen molar-refractivity contribution < 1.29 is 8.42 Å². The highest BCUT2D eigenvalue weighted by Gasteiger charge is 2.25. The molecule has 26 heavy (non-hydrogen) atoms. The Bertz CT molecular complexity index is 1040. The van der Waals surface area contributed by atoms with Crippen molar-refractivity contribution in [3.8, 4) is 5.69 Å². The third-order valence-electron chi connectivity index (χ3n) is 4.19. The normalized spacial score (nSPS) is 11.5. The minimum Gasteiger partial charge on any atom is -0.279 e. The molecular weight excluding hydrogens is 414 g/mol. The van der Waals surface area contributed by atoms with Gasteiger partial charge in [-0.05, 0) is 56.2 Å². The van der Waals surface area contributed by atoms with Crippen molar-refractivity contribution in [2.24, 2.45) is 0 Å². The number of aryl methyl sites for hydroxylation is 2. The first-order valence-electron chi connectivity index (χ1n) is 8.26. The first kappa shape index (κ1) is 18.7. The molecule has 2 aromatic carbocycles. The van der Waals surface area contributed by atoms with Crippen molar-refractivity contribution in [3.63, 3.8) is 0 Å². The van der Waals surface area contributed by atoms with Crippen molar-refractivity contribution in [1.29, 1.82) is 0 Å². The number of nitrogens with one attached hydrogen (secondary N) is 1. The van der Waals surface area contributed by atoms with Crippen LogP contribution in [0.25, 0.3) is 5.69 Å². The maximum absolute atomic E-state index is 13.1. The Morgan fingerprint density at radius 2 is 1.81 bits per heavy atom. The second-order valence-electron chi connectivity index (χ2n) is 6.01. The van der Waals surface area contributed by atoms with Crippen molar-refractivity contribution in [2.45, 2.75) is 32.1 Å². The maximum atomic E-state index is 13.1. The van der Waals surface area contributed by atoms with Gasteiger partial charge in [0.25, 0.3) is 10.0 Å². The van der Waals surface area contributed by atoms with E-state index >= 15 is 0 Å². The van der Waals surface area contributed by atoms with Crippen LogP contribution >= 0.6 is 15.9 Å². The van der Waals surface area contributed by atoms with Crippen LogP contribution in [-0.4, -0.2) is 18.2 Å². The van der Waals surface area contributed by atoms with E-state index in [2.05, 4.69) is 25.8 Å². The highest BCUT2D eigenvalue weighted by molar-refractivity contribution is 9.10. The maximum Gasteiger partial charge on any atom is 0.265 e. The second-order valence-corrected chi connectivity index (χ2v) is 8.54. The van der Waals surface area contributed by atoms with Crippen molar-refractivity contribution >= 4 is 31.6 Å². The van der Waals surface area contributed by atoms with Crippen LogP contribution in [0.1, 0.15) is 23.9 Å². The van der Waals surface area contributed by atoms with Crippen LogP contribution < -0.4 is 4.72 Å². The molecule has 3 aromatic rings. The van der Waals surface area contributed by atoms with Gasteiger partial charge in [0.05, 0.1) is 22.8 Å². The molecule has 0 aliphatic rings. The average molecular weight is 434 g/mol. The van der Waals surface area contributed by atoms with E-state index in [4.69, 9.17) is 0 Å². The molecule has 0 spiro atoms. The summed E-state index contributed by atoms with van der Waals surface area (Å²) < 4.78 is 31.4. The van der Waals surface area contributed by atoms with Gasteiger partial charge in [-0.2, -0.15) is 5.10 Å². The Morgan fingerprint density at radius 1 is 1.12 bits per heavy atom. The topological polar surface area (TPSA) is 64.0 Å². The number of benzene rings is 2. The number of sulfonamides is 1. The average Bonchev–Trinajstić information content (AvgIpc) is 2.92. The molecule has 1 N–H and O–H groups in total. The van der Waals surface area contributed by atoms with Gasteiger partial charge < -0.3 is 0 Å². The van der Waals surface area contributed by atoms with Crippen LogP contribution in [0.4, 0.5) is 5.69 Å². The molecule has 5 nitrogen and oxygen atoms in total. The van der Waals surface area contributed by atoms with E-state index in [-0.39, 0.29) is 4.90 Å². The Morgan fingerprint density at radius 3 is 2.46 bits per heavy atom. The van der Waals surface area contributed by atoms with Crippen LogP contribution in [0.15, 0.2) is 57.9 Å². The summed E-state index contributed by atoms with van der Waals surface area (Å²) >= 11 is 3.42. The lowest BCUT2D eigenvalue weighted by Gasteiger charge is -2.12. The van der Waals surface area contributed by atoms with Gasteiger partial charge in [-0.1, -0.05) is 41.1 Å². The van der Waals surface area contributed by atoms with E-state index < -0.39 is 10.0 Å². The lowest BCUT2D eigenvalue weighted by atomic mass is 10.1. The molecule has 0 amide bonds. The molecule has 0 bridgehead atoms. The second kappa shape index (κ2) is 7.25. The molecule has 1 aromatic heterocycles. The summed E-state index contributed by atoms with van der Waals surface area (Å²) in [5, 5.41) is 4.44. The van der Waals surface area contributed by atoms with Gasteiger partial charge in [-0.15, -0.1) is 0 Å². The van der Waals surface area contributed by atoms with Crippen molar-refractivity contribution in [3.05, 3.63) is 70.0 Å². The number of anilines is 1. The predicted molar refractivity (Wildman–Crippen MR) is 107 cm³/mol. The van der Waals surface area contributed by atoms with E-state index in [1.165, 1.54) is 0 Å². The van der Waals surface area contributed by atoms with Crippen LogP contribution in [0.5, 0.6) is 0 Å². The summed E-state index contributed by atoms with van der Waals surface area (Å²) in [5.74, 6) is 0. The summed E-state index contributed by atoms with van der Waals surface area (Å²) in [4.78, 5) is 0.214. The van der Waals surface area contributed by atoms with Gasteiger partial charge in [-0.25, -0.2) is 13.1 Å². The largest absolute Gasteiger partial charge is 0.279 e. The molecule has 0 aliphatic carbocycles. The first-order chi connectivity index (χ1) is 12.3. The summed E-state index contributed by atoms with van der Waals surface area (Å²) in [5.41, 5.74) is 3.38. The zero-order valence-corrected chi connectivity index (χ0v) is 17.2. The van der Waals surface area contributed by atoms with E-state index in [1.54, 1.807) is 24.6 Å². The minimum absolute atomic E-state index is 0.214. The molecule has 136 valence electrons. The Balaban J connectivity index is 2.05. The lowest BCUT2D eigenvalue weighted by molar-refractivity contribution is 0.600. The first-order valence-corrected chi connectivity index (χ1v) is 10.5. The van der Waals surface area contributed by atoms with Gasteiger partial charge in [-0.3, -0.25) is 4.72 Å². The fraction of sp³-hybridized carbons (Fsp3) is 0.211. The Hall–Kier alpha value is -2.12. The smallest absolute Gasteiger partial charge is 0.265 e. The third-order valence-corrected chi connectivity index (χ3v) is 6.30. The van der Waals surface area contributed by atoms with Crippen LogP contribution in [0.3, 0.4) is 0 Å². The van der Waals surface area contributed by atoms with Gasteiger partial charge in [0.15, 0.2) is 0 Å². The molecule has 0 saturated heterocycles. The fourth-order valence-corrected chi connectivity index (χ4v) is 4.89. The summed E-state index contributed by atoms with van der Waals surface area (Å²) in [7, 11) is -3.76. The number of para-hydroxylation sites is 1. The zero-order valence-electron chi connectivity index (χ0n) is 14.8. The molecule has 7 heteroatoms. The minimum atomic E-state index is -3.76. The van der Waals surface area contributed by atoms with Crippen LogP contribution in [0.2, 0.25) is 0 Å². The van der Waals surface area contributed by atoms with E-state index in [0.717, 1.165) is 22.1 Å². The Labute approximate surface area is 162 Å². The molecule has 0 atom stereocenters. The molecule has 0 saturated carbocycles. The molecule has 0 unspecified atom stereocenters. The number of rotatable bonds is 5. The van der Waals surface area contributed by atoms with E-state index in [0.29, 0.717) is 17.1 Å². The van der Waals surface area contributed by atoms with Gasteiger partial charge >= 0.3 is 0 Å². The number of aromatic nitrogens is 2. The zero-order chi connectivity index (χ0) is 18.9. The number of hydrogen-bond acceptors (Lipinski definition) is 3. The standard InChI is InChI=1S/C19H20BrN3O2S/c1-4-15-12-16(20)10-11-18(15)22-26(24,25)19-13(2)21-23(14(19)3)17-8-6-5-7-9-17/h5-12,22H,4H2,1-3H3. The Kier molecular flexibility index (Phi) is 5.20. The molecule has 3 rings (SSSR count). The lowest BCUT2D eigenvalue weighted by Crippen LogP contribution is -2.16. The summed E-state index contributed by atoms with van der Waals surface area (Å²) in [6, 6.07) is 15.0. The van der Waals surface area contributed by atoms with E-state index in [9.17, 15) is 8.42 Å². The molecule has 0 radical (unpaired) electrons. The summed E-state index contributed by atoms with van der Waals surface area (Å²) in [6.45, 7) is 5.47. The highest BCUT2D eigenvalue weighted by Crippen LogP contribution is 2.28. The fourth-order valence-electron chi connectivity index (χ4n) is 2.99. The molecule has 1 heterocycles. The molecule has 0 fully saturated rings. The molecular formula is C19H20BrN3O2S. The van der Waals surface area contributed by atoms with Crippen LogP contribution in [-0.2, 0) is 16.4 Å². The SMILES string of the molecule is CCc1cc(Br)ccc1NS(=O)(=O)c1c(C)nn(-c2ccccc2)c1C. The monoisotopic (exact) mass is 433 g/mol. The van der Waals surface area contributed by atoms with E-state index in [1.807, 2.05) is 49.4 Å². The predicted octanol–water partition coefficient (Wildman–Crippen LogP) is 4.61. The summed E-state index contributed by atoms with van der Waals surface area (Å²) in [6.07, 6.45) is 0.721. The number of hydrogen-bond donors (Lipinski definition) is 1. The van der Waals surface area contributed by atoms with Gasteiger partial charge in [0.1, 0.15) is 4.90 Å². The van der Waals surface area contributed by atoms with Crippen molar-refractivity contribution in [2.75, 3.05) is 4.72 Å².